The largest absolute Gasteiger partial charge is 0.497 e. The minimum atomic E-state index is -0.234. The van der Waals surface area contributed by atoms with Gasteiger partial charge < -0.3 is 20.1 Å². The maximum atomic E-state index is 12.3. The Morgan fingerprint density at radius 2 is 1.59 bits per heavy atom. The monoisotopic (exact) mass is 392 g/mol. The predicted molar refractivity (Wildman–Crippen MR) is 112 cm³/mol. The number of aromatic nitrogens is 2. The van der Waals surface area contributed by atoms with Crippen LogP contribution in [0.15, 0.2) is 60.9 Å². The summed E-state index contributed by atoms with van der Waals surface area (Å²) in [7, 11) is 1.62. The third kappa shape index (κ3) is 5.93. The van der Waals surface area contributed by atoms with Crippen molar-refractivity contribution in [3.8, 4) is 11.5 Å². The summed E-state index contributed by atoms with van der Waals surface area (Å²) in [6.45, 7) is 4.37. The van der Waals surface area contributed by atoms with Gasteiger partial charge in [0.15, 0.2) is 0 Å². The number of anilines is 2. The Balaban J connectivity index is 1.54. The van der Waals surface area contributed by atoms with Crippen molar-refractivity contribution < 1.29 is 14.3 Å². The van der Waals surface area contributed by atoms with Crippen molar-refractivity contribution in [3.63, 3.8) is 0 Å². The van der Waals surface area contributed by atoms with E-state index in [-0.39, 0.29) is 12.0 Å². The highest BCUT2D eigenvalue weighted by Gasteiger charge is 2.08. The molecular weight excluding hydrogens is 368 g/mol. The molecule has 0 radical (unpaired) electrons. The second-order valence-corrected chi connectivity index (χ2v) is 6.64. The lowest BCUT2D eigenvalue weighted by Crippen LogP contribution is -2.23. The summed E-state index contributed by atoms with van der Waals surface area (Å²) < 4.78 is 10.7. The van der Waals surface area contributed by atoms with Gasteiger partial charge in [0.05, 0.1) is 18.8 Å². The minimum Gasteiger partial charge on any atom is -0.497 e. The average Bonchev–Trinajstić information content (AvgIpc) is 2.74. The minimum absolute atomic E-state index is 0.126. The number of benzene rings is 2. The number of ether oxygens (including phenoxy) is 2. The van der Waals surface area contributed by atoms with E-state index in [2.05, 4.69) is 20.6 Å². The number of rotatable bonds is 8. The summed E-state index contributed by atoms with van der Waals surface area (Å²) in [5.74, 6) is 1.76. The fourth-order valence-corrected chi connectivity index (χ4v) is 2.56. The summed E-state index contributed by atoms with van der Waals surface area (Å²) in [6, 6.07) is 15.0. The molecule has 1 heterocycles. The van der Waals surface area contributed by atoms with Crippen LogP contribution < -0.4 is 20.1 Å². The molecule has 0 unspecified atom stereocenters. The number of hydrogen-bond donors (Lipinski definition) is 2. The maximum Gasteiger partial charge on any atom is 0.254 e. The van der Waals surface area contributed by atoms with Gasteiger partial charge in [0.1, 0.15) is 11.5 Å². The molecule has 1 amide bonds. The number of hydrogen-bond acceptors (Lipinski definition) is 6. The molecule has 0 fully saturated rings. The van der Waals surface area contributed by atoms with E-state index in [0.29, 0.717) is 18.1 Å². The van der Waals surface area contributed by atoms with Crippen molar-refractivity contribution in [2.75, 3.05) is 12.4 Å². The summed E-state index contributed by atoms with van der Waals surface area (Å²) in [6.07, 6.45) is 3.12. The van der Waals surface area contributed by atoms with Gasteiger partial charge >= 0.3 is 0 Å². The van der Waals surface area contributed by atoms with Crippen LogP contribution in [0.4, 0.5) is 11.6 Å². The normalized spacial score (nSPS) is 10.5. The molecule has 3 rings (SSSR count). The molecule has 0 saturated heterocycles. The Morgan fingerprint density at radius 1 is 0.966 bits per heavy atom. The van der Waals surface area contributed by atoms with Gasteiger partial charge in [-0.2, -0.15) is 0 Å². The Hall–Kier alpha value is -3.61. The third-order valence-corrected chi connectivity index (χ3v) is 4.01. The molecule has 1 aromatic heterocycles. The van der Waals surface area contributed by atoms with E-state index in [9.17, 15) is 4.79 Å². The summed E-state index contributed by atoms with van der Waals surface area (Å²) >= 11 is 0. The fourth-order valence-electron chi connectivity index (χ4n) is 2.56. The van der Waals surface area contributed by atoms with E-state index >= 15 is 0 Å². The van der Waals surface area contributed by atoms with Gasteiger partial charge in [0, 0.05) is 24.6 Å². The first-order valence-corrected chi connectivity index (χ1v) is 9.30. The molecule has 0 aliphatic rings. The lowest BCUT2D eigenvalue weighted by molar-refractivity contribution is 0.0950. The van der Waals surface area contributed by atoms with Crippen LogP contribution in [0.1, 0.15) is 29.8 Å². The molecule has 0 bridgehead atoms. The number of nitrogens with one attached hydrogen (secondary N) is 2. The molecule has 0 saturated carbocycles. The zero-order valence-corrected chi connectivity index (χ0v) is 16.7. The fraction of sp³-hybridized carbons (Fsp3) is 0.227. The van der Waals surface area contributed by atoms with Gasteiger partial charge in [0.25, 0.3) is 5.91 Å². The van der Waals surface area contributed by atoms with Crippen LogP contribution in [0.5, 0.6) is 11.5 Å². The van der Waals surface area contributed by atoms with E-state index in [0.717, 1.165) is 22.7 Å². The molecule has 2 N–H and O–H groups in total. The Kier molecular flexibility index (Phi) is 6.63. The lowest BCUT2D eigenvalue weighted by atomic mass is 10.2. The molecule has 3 aromatic rings. The van der Waals surface area contributed by atoms with Gasteiger partial charge in [-0.05, 0) is 55.8 Å². The molecular formula is C22H24N4O3. The smallest absolute Gasteiger partial charge is 0.254 e. The second kappa shape index (κ2) is 9.54. The second-order valence-electron chi connectivity index (χ2n) is 6.64. The van der Waals surface area contributed by atoms with E-state index in [1.165, 1.54) is 12.4 Å². The Morgan fingerprint density at radius 3 is 2.17 bits per heavy atom. The Labute approximate surface area is 170 Å². The summed E-state index contributed by atoms with van der Waals surface area (Å²) in [5.41, 5.74) is 2.20. The van der Waals surface area contributed by atoms with Crippen molar-refractivity contribution in [2.45, 2.75) is 26.5 Å². The van der Waals surface area contributed by atoms with Gasteiger partial charge in [-0.3, -0.25) is 4.79 Å². The number of methoxy groups -OCH3 is 1. The van der Waals surface area contributed by atoms with E-state index in [1.54, 1.807) is 7.11 Å². The molecule has 0 aliphatic carbocycles. The van der Waals surface area contributed by atoms with E-state index < -0.39 is 0 Å². The lowest BCUT2D eigenvalue weighted by Gasteiger charge is -2.10. The van der Waals surface area contributed by atoms with Crippen LogP contribution in [0.2, 0.25) is 0 Å². The first kappa shape index (κ1) is 20.1. The third-order valence-electron chi connectivity index (χ3n) is 4.01. The van der Waals surface area contributed by atoms with Crippen LogP contribution in [-0.2, 0) is 6.54 Å². The molecule has 2 aromatic carbocycles. The summed E-state index contributed by atoms with van der Waals surface area (Å²) in [4.78, 5) is 20.7. The van der Waals surface area contributed by atoms with Gasteiger partial charge in [-0.25, -0.2) is 9.97 Å². The quantitative estimate of drug-likeness (QED) is 0.604. The van der Waals surface area contributed by atoms with Gasteiger partial charge in [-0.15, -0.1) is 0 Å². The molecule has 150 valence electrons. The molecule has 0 aliphatic heterocycles. The van der Waals surface area contributed by atoms with Crippen molar-refractivity contribution in [1.29, 1.82) is 0 Å². The van der Waals surface area contributed by atoms with Crippen LogP contribution in [-0.4, -0.2) is 29.1 Å². The topological polar surface area (TPSA) is 85.4 Å². The SMILES string of the molecule is COc1ccc(CNC(=O)c2cnc(Nc3ccc(OC(C)C)cc3)nc2)cc1. The van der Waals surface area contributed by atoms with Crippen molar-refractivity contribution in [3.05, 3.63) is 72.1 Å². The van der Waals surface area contributed by atoms with Crippen molar-refractivity contribution in [2.24, 2.45) is 0 Å². The average molecular weight is 392 g/mol. The highest BCUT2D eigenvalue weighted by atomic mass is 16.5. The number of nitrogens with zero attached hydrogens (tertiary/aromatic N) is 2. The molecule has 0 spiro atoms. The molecule has 7 nitrogen and oxygen atoms in total. The zero-order chi connectivity index (χ0) is 20.6. The van der Waals surface area contributed by atoms with Crippen LogP contribution in [0.3, 0.4) is 0 Å². The highest BCUT2D eigenvalue weighted by Crippen LogP contribution is 2.19. The zero-order valence-electron chi connectivity index (χ0n) is 16.7. The highest BCUT2D eigenvalue weighted by molar-refractivity contribution is 5.93. The van der Waals surface area contributed by atoms with Gasteiger partial charge in [-0.1, -0.05) is 12.1 Å². The predicted octanol–water partition coefficient (Wildman–Crippen LogP) is 3.95. The van der Waals surface area contributed by atoms with Gasteiger partial charge in [0.2, 0.25) is 5.95 Å². The maximum absolute atomic E-state index is 12.3. The Bertz CT molecular complexity index is 924. The van der Waals surface area contributed by atoms with Crippen LogP contribution >= 0.6 is 0 Å². The van der Waals surface area contributed by atoms with E-state index in [1.807, 2.05) is 62.4 Å². The van der Waals surface area contributed by atoms with Crippen molar-refractivity contribution in [1.82, 2.24) is 15.3 Å². The molecule has 29 heavy (non-hydrogen) atoms. The molecule has 7 heteroatoms. The standard InChI is InChI=1S/C22H24N4O3/c1-15(2)29-20-10-6-18(7-11-20)26-22-24-13-17(14-25-22)21(27)23-12-16-4-8-19(28-3)9-5-16/h4-11,13-15H,12H2,1-3H3,(H,23,27)(H,24,25,26). The molecule has 0 atom stereocenters. The van der Waals surface area contributed by atoms with Crippen molar-refractivity contribution >= 4 is 17.5 Å². The van der Waals surface area contributed by atoms with E-state index in [4.69, 9.17) is 9.47 Å². The van der Waals surface area contributed by atoms with Crippen LogP contribution in [0.25, 0.3) is 0 Å². The number of amides is 1. The number of carbonyl (C=O) groups excluding carboxylic acids is 1. The van der Waals surface area contributed by atoms with Crippen LogP contribution in [0, 0.1) is 0 Å². The first-order chi connectivity index (χ1) is 14.0. The number of carbonyl (C=O) groups is 1. The first-order valence-electron chi connectivity index (χ1n) is 9.30. The summed E-state index contributed by atoms with van der Waals surface area (Å²) in [5, 5.41) is 5.95.